The van der Waals surface area contributed by atoms with Gasteiger partial charge >= 0.3 is 12.2 Å². The number of alkyl halides is 4. The minimum Gasteiger partial charge on any atom is -0.325 e. The van der Waals surface area contributed by atoms with Gasteiger partial charge in [0.15, 0.2) is 0 Å². The molecular weight excluding hydrogens is 390 g/mol. The van der Waals surface area contributed by atoms with Crippen LogP contribution in [0.15, 0.2) is 61.3 Å². The Morgan fingerprint density at radius 3 is 2.38 bits per heavy atom. The Balaban J connectivity index is 1.97. The summed E-state index contributed by atoms with van der Waals surface area (Å²) in [7, 11) is 0. The van der Waals surface area contributed by atoms with Gasteiger partial charge in [-0.25, -0.2) is 19.2 Å². The number of nitrogens with zero attached hydrogens (tertiary/aromatic N) is 3. The normalized spacial score (nSPS) is 12.3. The molecule has 6 nitrogen and oxygen atoms in total. The first-order valence-electron chi connectivity index (χ1n) is 8.38. The maximum atomic E-state index is 13.5. The van der Waals surface area contributed by atoms with Crippen molar-refractivity contribution in [3.63, 3.8) is 0 Å². The van der Waals surface area contributed by atoms with Crippen molar-refractivity contribution in [1.29, 1.82) is 0 Å². The average molecular weight is 405 g/mol. The fourth-order valence-electron chi connectivity index (χ4n) is 2.66. The molecule has 29 heavy (non-hydrogen) atoms. The van der Waals surface area contributed by atoms with Gasteiger partial charge in [0.25, 0.3) is 0 Å². The molecule has 2 amide bonds. The van der Waals surface area contributed by atoms with Gasteiger partial charge in [-0.3, -0.25) is 4.98 Å². The molecule has 0 fully saturated rings. The molecular formula is C19H15F4N5O. The highest BCUT2D eigenvalue weighted by Crippen LogP contribution is 2.35. The molecule has 0 unspecified atom stereocenters. The molecule has 0 saturated carbocycles. The van der Waals surface area contributed by atoms with Crippen LogP contribution in [0.3, 0.4) is 0 Å². The van der Waals surface area contributed by atoms with Crippen LogP contribution in [0.25, 0.3) is 0 Å². The quantitative estimate of drug-likeness (QED) is 0.622. The first kappa shape index (κ1) is 20.2. The summed E-state index contributed by atoms with van der Waals surface area (Å²) < 4.78 is 53.3. The second-order valence-corrected chi connectivity index (χ2v) is 5.97. The minimum absolute atomic E-state index is 0.258. The molecule has 0 bridgehead atoms. The number of carbonyl (C=O) groups is 1. The molecule has 1 aromatic carbocycles. The van der Waals surface area contributed by atoms with Crippen LogP contribution in [0.4, 0.5) is 28.0 Å². The maximum Gasteiger partial charge on any atom is 0.418 e. The highest BCUT2D eigenvalue weighted by Gasteiger charge is 2.37. The number of benzene rings is 1. The molecule has 10 heteroatoms. The second kappa shape index (κ2) is 8.63. The van der Waals surface area contributed by atoms with Crippen molar-refractivity contribution in [2.45, 2.75) is 18.9 Å². The van der Waals surface area contributed by atoms with Crippen LogP contribution >= 0.6 is 0 Å². The molecule has 2 heterocycles. The lowest BCUT2D eigenvalue weighted by atomic mass is 9.98. The van der Waals surface area contributed by atoms with E-state index in [0.29, 0.717) is 11.1 Å². The van der Waals surface area contributed by atoms with E-state index in [1.54, 1.807) is 0 Å². The SMILES string of the molecule is O=C(Nc1cncnc1)N[C@@H](c1ccc(CF)cc1)c1ncccc1C(F)(F)F. The topological polar surface area (TPSA) is 79.8 Å². The van der Waals surface area contributed by atoms with Crippen LogP contribution in [-0.2, 0) is 12.9 Å². The number of halogens is 4. The van der Waals surface area contributed by atoms with Crippen LogP contribution in [0.2, 0.25) is 0 Å². The standard InChI is InChI=1S/C19H15F4N5O/c20-8-12-3-5-13(6-4-12)16(17-15(19(21,22)23)2-1-7-26-17)28-18(29)27-14-9-24-11-25-10-14/h1-7,9-11,16H,8H2,(H2,27,28,29)/t16-/m0/s1. The number of hydrogen-bond acceptors (Lipinski definition) is 4. The van der Waals surface area contributed by atoms with Crippen LogP contribution < -0.4 is 10.6 Å². The van der Waals surface area contributed by atoms with Crippen molar-refractivity contribution in [2.75, 3.05) is 5.32 Å². The minimum atomic E-state index is -4.67. The first-order chi connectivity index (χ1) is 13.9. The summed E-state index contributed by atoms with van der Waals surface area (Å²) in [5, 5.41) is 4.93. The molecule has 0 saturated heterocycles. The summed E-state index contributed by atoms with van der Waals surface area (Å²) in [6.07, 6.45) is 0.463. The van der Waals surface area contributed by atoms with Crippen molar-refractivity contribution < 1.29 is 22.4 Å². The van der Waals surface area contributed by atoms with Gasteiger partial charge in [-0.05, 0) is 23.3 Å². The summed E-state index contributed by atoms with van der Waals surface area (Å²) in [4.78, 5) is 23.8. The van der Waals surface area contributed by atoms with Gasteiger partial charge < -0.3 is 10.6 Å². The number of carbonyl (C=O) groups excluding carboxylic acids is 1. The largest absolute Gasteiger partial charge is 0.418 e. The number of urea groups is 1. The van der Waals surface area contributed by atoms with Crippen LogP contribution in [0, 0.1) is 0 Å². The summed E-state index contributed by atoms with van der Waals surface area (Å²) in [5.41, 5.74) is -0.440. The third-order valence-electron chi connectivity index (χ3n) is 3.98. The van der Waals surface area contributed by atoms with Gasteiger partial charge in [0.2, 0.25) is 0 Å². The summed E-state index contributed by atoms with van der Waals surface area (Å²) in [5.74, 6) is 0. The van der Waals surface area contributed by atoms with E-state index in [1.807, 2.05) is 0 Å². The van der Waals surface area contributed by atoms with Crippen molar-refractivity contribution in [3.8, 4) is 0 Å². The number of aromatic nitrogens is 3. The van der Waals surface area contributed by atoms with Gasteiger partial charge in [0, 0.05) is 6.20 Å². The number of nitrogens with one attached hydrogen (secondary N) is 2. The Kier molecular flexibility index (Phi) is 6.01. The van der Waals surface area contributed by atoms with E-state index in [0.717, 1.165) is 12.1 Å². The average Bonchev–Trinajstić information content (AvgIpc) is 2.72. The number of amides is 2. The Labute approximate surface area is 163 Å². The fourth-order valence-corrected chi connectivity index (χ4v) is 2.66. The molecule has 0 radical (unpaired) electrons. The Bertz CT molecular complexity index is 964. The molecule has 0 spiro atoms. The predicted octanol–water partition coefficient (Wildman–Crippen LogP) is 4.27. The summed E-state index contributed by atoms with van der Waals surface area (Å²) in [6, 6.07) is 5.80. The predicted molar refractivity (Wildman–Crippen MR) is 96.5 cm³/mol. The highest BCUT2D eigenvalue weighted by atomic mass is 19.4. The second-order valence-electron chi connectivity index (χ2n) is 5.97. The third-order valence-corrected chi connectivity index (χ3v) is 3.98. The lowest BCUT2D eigenvalue weighted by molar-refractivity contribution is -0.138. The molecule has 0 aliphatic rings. The van der Waals surface area contributed by atoms with E-state index in [2.05, 4.69) is 25.6 Å². The molecule has 3 aromatic rings. The zero-order valence-corrected chi connectivity index (χ0v) is 14.8. The van der Waals surface area contributed by atoms with Gasteiger partial charge in [0.1, 0.15) is 13.0 Å². The Morgan fingerprint density at radius 1 is 1.07 bits per heavy atom. The van der Waals surface area contributed by atoms with Crippen molar-refractivity contribution in [1.82, 2.24) is 20.3 Å². The monoisotopic (exact) mass is 405 g/mol. The summed E-state index contributed by atoms with van der Waals surface area (Å²) >= 11 is 0. The smallest absolute Gasteiger partial charge is 0.325 e. The van der Waals surface area contributed by atoms with Gasteiger partial charge in [-0.1, -0.05) is 24.3 Å². The van der Waals surface area contributed by atoms with Crippen molar-refractivity contribution >= 4 is 11.7 Å². The lowest BCUT2D eigenvalue weighted by Crippen LogP contribution is -2.35. The van der Waals surface area contributed by atoms with E-state index < -0.39 is 30.5 Å². The number of rotatable bonds is 5. The molecule has 1 atom stereocenters. The number of hydrogen-bond donors (Lipinski definition) is 2. The van der Waals surface area contributed by atoms with Crippen LogP contribution in [0.1, 0.15) is 28.4 Å². The molecule has 3 rings (SSSR count). The number of pyridine rings is 1. The van der Waals surface area contributed by atoms with Crippen LogP contribution in [-0.4, -0.2) is 21.0 Å². The van der Waals surface area contributed by atoms with E-state index in [4.69, 9.17) is 0 Å². The van der Waals surface area contributed by atoms with Crippen molar-refractivity contribution in [3.05, 3.63) is 83.7 Å². The van der Waals surface area contributed by atoms with Crippen molar-refractivity contribution in [2.24, 2.45) is 0 Å². The third kappa shape index (κ3) is 5.03. The molecule has 0 aliphatic heterocycles. The lowest BCUT2D eigenvalue weighted by Gasteiger charge is -2.22. The molecule has 0 aliphatic carbocycles. The van der Waals surface area contributed by atoms with Crippen LogP contribution in [0.5, 0.6) is 0 Å². The summed E-state index contributed by atoms with van der Waals surface area (Å²) in [6.45, 7) is -0.718. The number of anilines is 1. The van der Waals surface area contributed by atoms with Gasteiger partial charge in [-0.15, -0.1) is 0 Å². The fraction of sp³-hybridized carbons (Fsp3) is 0.158. The van der Waals surface area contributed by atoms with Gasteiger partial charge in [-0.2, -0.15) is 13.2 Å². The Hall–Kier alpha value is -3.56. The maximum absolute atomic E-state index is 13.5. The van der Waals surface area contributed by atoms with E-state index in [9.17, 15) is 22.4 Å². The Morgan fingerprint density at radius 2 is 1.76 bits per heavy atom. The zero-order valence-electron chi connectivity index (χ0n) is 14.8. The van der Waals surface area contributed by atoms with E-state index >= 15 is 0 Å². The molecule has 2 aromatic heterocycles. The first-order valence-corrected chi connectivity index (χ1v) is 8.38. The zero-order chi connectivity index (χ0) is 20.9. The molecule has 150 valence electrons. The van der Waals surface area contributed by atoms with Gasteiger partial charge in [0.05, 0.1) is 35.4 Å². The highest BCUT2D eigenvalue weighted by molar-refractivity contribution is 5.89. The van der Waals surface area contributed by atoms with E-state index in [1.165, 1.54) is 49.2 Å². The van der Waals surface area contributed by atoms with E-state index in [-0.39, 0.29) is 11.4 Å². The molecule has 2 N–H and O–H groups in total.